The number of piperidine rings is 1. The van der Waals surface area contributed by atoms with E-state index in [9.17, 15) is 9.90 Å². The summed E-state index contributed by atoms with van der Waals surface area (Å²) in [6, 6.07) is 5.95. The Labute approximate surface area is 187 Å². The summed E-state index contributed by atoms with van der Waals surface area (Å²) < 4.78 is 7.34. The average molecular weight is 438 g/mol. The molecule has 0 amide bonds. The molecule has 2 N–H and O–H groups in total. The van der Waals surface area contributed by atoms with Crippen molar-refractivity contribution in [1.82, 2.24) is 19.4 Å². The number of imidazole rings is 1. The summed E-state index contributed by atoms with van der Waals surface area (Å²) in [5.41, 5.74) is 2.97. The predicted octanol–water partition coefficient (Wildman–Crippen LogP) is 3.41. The minimum Gasteiger partial charge on any atom is -0.496 e. The van der Waals surface area contributed by atoms with Crippen molar-refractivity contribution >= 4 is 11.3 Å². The monoisotopic (exact) mass is 437 g/mol. The molecule has 1 saturated carbocycles. The largest absolute Gasteiger partial charge is 0.496 e. The Bertz CT molecular complexity index is 1170. The summed E-state index contributed by atoms with van der Waals surface area (Å²) >= 11 is 0. The lowest BCUT2D eigenvalue weighted by atomic mass is 9.89. The lowest BCUT2D eigenvalue weighted by Crippen LogP contribution is -2.35. The number of H-pyrrole nitrogens is 1. The van der Waals surface area contributed by atoms with Crippen LogP contribution in [0.25, 0.3) is 17.0 Å². The van der Waals surface area contributed by atoms with Gasteiger partial charge in [-0.25, -0.2) is 19.2 Å². The van der Waals surface area contributed by atoms with Crippen LogP contribution in [-0.2, 0) is 0 Å². The minimum absolute atomic E-state index is 0.206. The molecule has 2 aromatic heterocycles. The summed E-state index contributed by atoms with van der Waals surface area (Å²) in [5, 5.41) is 9.79. The number of rotatable bonds is 4. The first-order chi connectivity index (χ1) is 15.5. The molecule has 8 nitrogen and oxygen atoms in total. The maximum atomic E-state index is 13.1. The number of ether oxygens (including phenoxy) is 1. The van der Waals surface area contributed by atoms with Crippen molar-refractivity contribution in [3.63, 3.8) is 0 Å². The molecule has 0 spiro atoms. The van der Waals surface area contributed by atoms with Crippen LogP contribution in [0.15, 0.2) is 23.0 Å². The molecule has 1 aromatic carbocycles. The molecule has 170 valence electrons. The Morgan fingerprint density at radius 3 is 2.56 bits per heavy atom. The van der Waals surface area contributed by atoms with E-state index in [1.54, 1.807) is 11.5 Å². The minimum atomic E-state index is -0.217. The van der Waals surface area contributed by atoms with Gasteiger partial charge in [0, 0.05) is 30.8 Å². The standard InChI is InChI=1S/C24H31N5O3/c1-15-22-26-21(27-24(31)29(22)23(25-15)16-6-4-3-5-7-16)19-9-8-17(14-20(19)32-2)28-12-10-18(30)11-13-28/h8-9,14,16,18,30H,3-7,10-13H2,1-2H3,(H,26,27,31). The van der Waals surface area contributed by atoms with E-state index in [1.165, 1.54) is 19.3 Å². The van der Waals surface area contributed by atoms with Crippen LogP contribution >= 0.6 is 0 Å². The van der Waals surface area contributed by atoms with Gasteiger partial charge in [-0.3, -0.25) is 4.98 Å². The second kappa shape index (κ2) is 8.58. The molecule has 3 aromatic rings. The number of nitrogens with one attached hydrogen (secondary N) is 1. The van der Waals surface area contributed by atoms with Crippen molar-refractivity contribution in [1.29, 1.82) is 0 Å². The van der Waals surface area contributed by atoms with Crippen molar-refractivity contribution in [2.24, 2.45) is 0 Å². The molecule has 0 bridgehead atoms. The van der Waals surface area contributed by atoms with Gasteiger partial charge in [0.25, 0.3) is 0 Å². The van der Waals surface area contributed by atoms with Crippen LogP contribution in [0.4, 0.5) is 5.69 Å². The average Bonchev–Trinajstić information content (AvgIpc) is 3.16. The molecule has 8 heteroatoms. The Morgan fingerprint density at radius 2 is 1.84 bits per heavy atom. The second-order valence-electron chi connectivity index (χ2n) is 9.04. The third kappa shape index (κ3) is 3.77. The fourth-order valence-electron chi connectivity index (χ4n) is 5.12. The van der Waals surface area contributed by atoms with Crippen molar-refractivity contribution < 1.29 is 9.84 Å². The number of aromatic amines is 1. The third-order valence-electron chi connectivity index (χ3n) is 6.93. The Hall–Kier alpha value is -2.87. The normalized spacial score (nSPS) is 18.4. The molecule has 1 saturated heterocycles. The van der Waals surface area contributed by atoms with E-state index in [0.717, 1.165) is 61.5 Å². The van der Waals surface area contributed by atoms with Gasteiger partial charge >= 0.3 is 5.69 Å². The number of hydrogen-bond acceptors (Lipinski definition) is 6. The van der Waals surface area contributed by atoms with E-state index >= 15 is 0 Å². The lowest BCUT2D eigenvalue weighted by Gasteiger charge is -2.31. The molecule has 5 rings (SSSR count). The third-order valence-corrected chi connectivity index (χ3v) is 6.93. The highest BCUT2D eigenvalue weighted by Crippen LogP contribution is 2.34. The number of methoxy groups -OCH3 is 1. The number of aliphatic hydroxyl groups excluding tert-OH is 1. The van der Waals surface area contributed by atoms with E-state index in [1.807, 2.05) is 25.1 Å². The number of nitrogens with zero attached hydrogens (tertiary/aromatic N) is 4. The quantitative estimate of drug-likeness (QED) is 0.649. The zero-order valence-electron chi connectivity index (χ0n) is 18.8. The topological polar surface area (TPSA) is 95.8 Å². The van der Waals surface area contributed by atoms with E-state index in [0.29, 0.717) is 23.1 Å². The summed E-state index contributed by atoms with van der Waals surface area (Å²) in [5.74, 6) is 2.30. The summed E-state index contributed by atoms with van der Waals surface area (Å²) in [7, 11) is 1.63. The molecular formula is C24H31N5O3. The Morgan fingerprint density at radius 1 is 1.09 bits per heavy atom. The maximum absolute atomic E-state index is 13.1. The number of hydrogen-bond donors (Lipinski definition) is 2. The molecule has 1 aliphatic heterocycles. The lowest BCUT2D eigenvalue weighted by molar-refractivity contribution is 0.145. The van der Waals surface area contributed by atoms with Gasteiger partial charge in [-0.1, -0.05) is 19.3 Å². The van der Waals surface area contributed by atoms with Crippen molar-refractivity contribution in [2.45, 2.75) is 63.9 Å². The number of aliphatic hydroxyl groups is 1. The van der Waals surface area contributed by atoms with E-state index < -0.39 is 0 Å². The van der Waals surface area contributed by atoms with Gasteiger partial charge in [0.1, 0.15) is 17.4 Å². The van der Waals surface area contributed by atoms with Crippen LogP contribution in [0, 0.1) is 6.92 Å². The Kier molecular flexibility index (Phi) is 5.63. The summed E-state index contributed by atoms with van der Waals surface area (Å²) in [6.45, 7) is 3.54. The maximum Gasteiger partial charge on any atom is 0.334 e. The number of fused-ring (bicyclic) bond motifs is 1. The highest BCUT2D eigenvalue weighted by molar-refractivity contribution is 5.70. The van der Waals surface area contributed by atoms with Gasteiger partial charge in [0.15, 0.2) is 5.65 Å². The second-order valence-corrected chi connectivity index (χ2v) is 9.04. The molecule has 0 unspecified atom stereocenters. The summed E-state index contributed by atoms with van der Waals surface area (Å²) in [4.78, 5) is 27.9. The first-order valence-electron chi connectivity index (χ1n) is 11.7. The van der Waals surface area contributed by atoms with E-state index in [-0.39, 0.29) is 11.8 Å². The first kappa shape index (κ1) is 21.0. The van der Waals surface area contributed by atoms with Crippen LogP contribution < -0.4 is 15.3 Å². The number of aryl methyl sites for hydroxylation is 1. The van der Waals surface area contributed by atoms with Gasteiger partial charge in [-0.05, 0) is 44.7 Å². The molecule has 1 aliphatic carbocycles. The van der Waals surface area contributed by atoms with E-state index in [2.05, 4.69) is 9.88 Å². The fourth-order valence-corrected chi connectivity index (χ4v) is 5.12. The van der Waals surface area contributed by atoms with Gasteiger partial charge in [-0.2, -0.15) is 0 Å². The predicted molar refractivity (Wildman–Crippen MR) is 124 cm³/mol. The molecule has 2 fully saturated rings. The van der Waals surface area contributed by atoms with Crippen molar-refractivity contribution in [3.8, 4) is 17.1 Å². The highest BCUT2D eigenvalue weighted by atomic mass is 16.5. The molecule has 0 atom stereocenters. The van der Waals surface area contributed by atoms with Crippen LogP contribution in [0.2, 0.25) is 0 Å². The number of aromatic nitrogens is 4. The van der Waals surface area contributed by atoms with Gasteiger partial charge in [0.2, 0.25) is 0 Å². The fraction of sp³-hybridized carbons (Fsp3) is 0.542. The number of anilines is 1. The Balaban J connectivity index is 1.53. The van der Waals surface area contributed by atoms with Gasteiger partial charge < -0.3 is 14.7 Å². The van der Waals surface area contributed by atoms with Crippen LogP contribution in [-0.4, -0.2) is 50.8 Å². The first-order valence-corrected chi connectivity index (χ1v) is 11.7. The summed E-state index contributed by atoms with van der Waals surface area (Å²) in [6.07, 6.45) is 7.07. The van der Waals surface area contributed by atoms with Crippen LogP contribution in [0.3, 0.4) is 0 Å². The van der Waals surface area contributed by atoms with Crippen molar-refractivity contribution in [2.75, 3.05) is 25.1 Å². The number of benzene rings is 1. The molecule has 0 radical (unpaired) electrons. The molecule has 2 aliphatic rings. The SMILES string of the molecule is COc1cc(N2CCC(O)CC2)ccc1-c1nc2c(C)nc(C3CCCCC3)n2c(=O)[nH]1. The highest BCUT2D eigenvalue weighted by Gasteiger charge is 2.24. The van der Waals surface area contributed by atoms with Gasteiger partial charge in [-0.15, -0.1) is 0 Å². The zero-order valence-corrected chi connectivity index (χ0v) is 18.8. The van der Waals surface area contributed by atoms with Crippen LogP contribution in [0.5, 0.6) is 5.75 Å². The smallest absolute Gasteiger partial charge is 0.334 e. The van der Waals surface area contributed by atoms with E-state index in [4.69, 9.17) is 14.7 Å². The van der Waals surface area contributed by atoms with Crippen LogP contribution in [0.1, 0.15) is 62.4 Å². The molecular weight excluding hydrogens is 406 g/mol. The molecule has 32 heavy (non-hydrogen) atoms. The van der Waals surface area contributed by atoms with Crippen molar-refractivity contribution in [3.05, 3.63) is 40.2 Å². The molecule has 3 heterocycles. The zero-order chi connectivity index (χ0) is 22.2. The van der Waals surface area contributed by atoms with Gasteiger partial charge in [0.05, 0.1) is 24.5 Å².